The van der Waals surface area contributed by atoms with E-state index in [0.29, 0.717) is 11.6 Å². The van der Waals surface area contributed by atoms with Crippen molar-refractivity contribution in [2.75, 3.05) is 0 Å². The number of allylic oxidation sites excluding steroid dienone is 4. The molecule has 1 unspecified atom stereocenters. The van der Waals surface area contributed by atoms with E-state index in [2.05, 4.69) is 31.8 Å². The topological polar surface area (TPSA) is 29.4 Å². The van der Waals surface area contributed by atoms with E-state index in [1.165, 1.54) is 5.57 Å². The monoisotopic (exact) mass is 247 g/mol. The third-order valence-corrected chi connectivity index (χ3v) is 3.58. The van der Waals surface area contributed by atoms with Gasteiger partial charge < -0.3 is 0 Å². The van der Waals surface area contributed by atoms with Gasteiger partial charge in [0.25, 0.3) is 0 Å². The molecule has 18 heavy (non-hydrogen) atoms. The minimum atomic E-state index is 0.0667. The molecule has 0 aromatic carbocycles. The van der Waals surface area contributed by atoms with Crippen LogP contribution in [0.2, 0.25) is 0 Å². The summed E-state index contributed by atoms with van der Waals surface area (Å²) in [4.78, 5) is 16.3. The van der Waals surface area contributed by atoms with E-state index in [9.17, 15) is 4.79 Å². The minimum absolute atomic E-state index is 0.0667. The van der Waals surface area contributed by atoms with Gasteiger partial charge in [-0.05, 0) is 44.1 Å². The molecule has 0 saturated carbocycles. The molecule has 0 aromatic heterocycles. The number of carbonyl (C=O) groups excluding carboxylic acids is 1. The lowest BCUT2D eigenvalue weighted by Gasteiger charge is -2.10. The van der Waals surface area contributed by atoms with Gasteiger partial charge in [-0.25, -0.2) is 4.99 Å². The molecule has 1 aliphatic heterocycles. The van der Waals surface area contributed by atoms with Gasteiger partial charge in [0.05, 0.1) is 0 Å². The van der Waals surface area contributed by atoms with Crippen molar-refractivity contribution in [1.29, 1.82) is 0 Å². The molecular weight excluding hydrogens is 222 g/mol. The number of hydrogen-bond donors (Lipinski definition) is 0. The summed E-state index contributed by atoms with van der Waals surface area (Å²) in [6.45, 7) is 8.09. The largest absolute Gasteiger partial charge is 0.293 e. The van der Waals surface area contributed by atoms with Crippen molar-refractivity contribution in [1.82, 2.24) is 0 Å². The normalized spacial score (nSPS) is 27.4. The van der Waals surface area contributed by atoms with Crippen LogP contribution in [0, 0.1) is 5.92 Å². The number of rotatable bonds is 4. The predicted octanol–water partition coefficient (Wildman–Crippen LogP) is 4.47. The predicted molar refractivity (Wildman–Crippen MR) is 77.9 cm³/mol. The quantitative estimate of drug-likeness (QED) is 0.721. The Labute approximate surface area is 111 Å². The van der Waals surface area contributed by atoms with E-state index in [4.69, 9.17) is 0 Å². The van der Waals surface area contributed by atoms with Crippen LogP contribution in [0.5, 0.6) is 0 Å². The van der Waals surface area contributed by atoms with Crippen LogP contribution in [0.15, 0.2) is 28.4 Å². The number of carbonyl (C=O) groups is 1. The van der Waals surface area contributed by atoms with Crippen molar-refractivity contribution in [3.63, 3.8) is 0 Å². The van der Waals surface area contributed by atoms with Gasteiger partial charge in [0.15, 0.2) is 5.78 Å². The molecule has 0 saturated heterocycles. The Morgan fingerprint density at radius 1 is 1.44 bits per heavy atom. The van der Waals surface area contributed by atoms with Crippen LogP contribution in [-0.4, -0.2) is 11.5 Å². The van der Waals surface area contributed by atoms with Crippen molar-refractivity contribution >= 4 is 11.5 Å². The molecule has 0 aromatic rings. The van der Waals surface area contributed by atoms with Gasteiger partial charge in [0.1, 0.15) is 5.71 Å². The first-order valence-electron chi connectivity index (χ1n) is 7.07. The third kappa shape index (κ3) is 4.25. The SMILES string of the molecule is CC/C1=C/C(C(C)=O)=N/C(C(C)CC)=C\CCC1. The Kier molecular flexibility index (Phi) is 6.03. The molecule has 1 rings (SSSR count). The highest BCUT2D eigenvalue weighted by molar-refractivity contribution is 6.43. The lowest BCUT2D eigenvalue weighted by atomic mass is 10.0. The zero-order chi connectivity index (χ0) is 13.5. The van der Waals surface area contributed by atoms with Gasteiger partial charge in [0, 0.05) is 12.6 Å². The van der Waals surface area contributed by atoms with Gasteiger partial charge in [0.2, 0.25) is 0 Å². The molecule has 1 heterocycles. The van der Waals surface area contributed by atoms with E-state index in [0.717, 1.165) is 37.8 Å². The van der Waals surface area contributed by atoms with E-state index >= 15 is 0 Å². The summed E-state index contributed by atoms with van der Waals surface area (Å²) >= 11 is 0. The first-order valence-corrected chi connectivity index (χ1v) is 7.07. The first-order chi connectivity index (χ1) is 8.58. The molecule has 0 N–H and O–H groups in total. The number of hydrogen-bond acceptors (Lipinski definition) is 2. The first kappa shape index (κ1) is 14.9. The summed E-state index contributed by atoms with van der Waals surface area (Å²) in [5.74, 6) is 0.493. The maximum Gasteiger partial charge on any atom is 0.178 e. The molecule has 0 radical (unpaired) electrons. The van der Waals surface area contributed by atoms with Crippen molar-refractivity contribution in [3.8, 4) is 0 Å². The van der Waals surface area contributed by atoms with Crippen molar-refractivity contribution in [2.45, 2.75) is 59.8 Å². The Morgan fingerprint density at radius 3 is 2.72 bits per heavy atom. The van der Waals surface area contributed by atoms with Crippen molar-refractivity contribution < 1.29 is 4.79 Å². The zero-order valence-electron chi connectivity index (χ0n) is 12.1. The molecule has 0 bridgehead atoms. The standard InChI is InChI=1S/C16H25NO/c1-5-12(3)15-10-8-7-9-14(6-2)11-16(17-15)13(4)18/h10-12H,5-9H2,1-4H3/b14-11-,15-10-,17-16-. The number of Topliss-reactive ketones (excluding diaryl/α,β-unsaturated/α-hetero) is 1. The lowest BCUT2D eigenvalue weighted by molar-refractivity contribution is -0.111. The Balaban J connectivity index is 3.14. The van der Waals surface area contributed by atoms with E-state index < -0.39 is 0 Å². The highest BCUT2D eigenvalue weighted by Gasteiger charge is 2.11. The van der Waals surface area contributed by atoms with Crippen LogP contribution in [0.3, 0.4) is 0 Å². The van der Waals surface area contributed by atoms with Crippen LogP contribution < -0.4 is 0 Å². The molecule has 0 amide bonds. The average molecular weight is 247 g/mol. The molecule has 0 aliphatic carbocycles. The van der Waals surface area contributed by atoms with E-state index in [1.807, 2.05) is 6.08 Å². The zero-order valence-corrected chi connectivity index (χ0v) is 12.1. The smallest absolute Gasteiger partial charge is 0.178 e. The summed E-state index contributed by atoms with van der Waals surface area (Å²) in [7, 11) is 0. The van der Waals surface area contributed by atoms with Gasteiger partial charge >= 0.3 is 0 Å². The second kappa shape index (κ2) is 7.30. The number of aliphatic imine (C=N–C) groups is 1. The molecule has 2 nitrogen and oxygen atoms in total. The Morgan fingerprint density at radius 2 is 2.17 bits per heavy atom. The molecule has 100 valence electrons. The maximum absolute atomic E-state index is 11.7. The summed E-state index contributed by atoms with van der Waals surface area (Å²) < 4.78 is 0. The van der Waals surface area contributed by atoms with Gasteiger partial charge in [-0.15, -0.1) is 0 Å². The molecule has 2 heteroatoms. The molecule has 1 aliphatic rings. The fourth-order valence-corrected chi connectivity index (χ4v) is 2.04. The highest BCUT2D eigenvalue weighted by atomic mass is 16.1. The average Bonchev–Trinajstić information content (AvgIpc) is 2.47. The summed E-state index contributed by atoms with van der Waals surface area (Å²) in [5.41, 5.74) is 3.04. The third-order valence-electron chi connectivity index (χ3n) is 3.58. The van der Waals surface area contributed by atoms with Crippen LogP contribution in [0.1, 0.15) is 59.8 Å². The Bertz CT molecular complexity index is 388. The number of ketones is 1. The van der Waals surface area contributed by atoms with Crippen molar-refractivity contribution in [2.24, 2.45) is 10.9 Å². The fourth-order valence-electron chi connectivity index (χ4n) is 2.04. The van der Waals surface area contributed by atoms with Crippen LogP contribution in [-0.2, 0) is 4.79 Å². The Hall–Kier alpha value is -1.18. The summed E-state index contributed by atoms with van der Waals surface area (Å²) in [6.07, 6.45) is 9.57. The van der Waals surface area contributed by atoms with Crippen LogP contribution >= 0.6 is 0 Å². The second-order valence-corrected chi connectivity index (χ2v) is 5.04. The van der Waals surface area contributed by atoms with Gasteiger partial charge in [-0.3, -0.25) is 4.79 Å². The lowest BCUT2D eigenvalue weighted by Crippen LogP contribution is -2.09. The van der Waals surface area contributed by atoms with Crippen LogP contribution in [0.25, 0.3) is 0 Å². The van der Waals surface area contributed by atoms with E-state index in [1.54, 1.807) is 6.92 Å². The van der Waals surface area contributed by atoms with Gasteiger partial charge in [-0.2, -0.15) is 0 Å². The molecule has 0 fully saturated rings. The highest BCUT2D eigenvalue weighted by Crippen LogP contribution is 2.21. The molecule has 1 atom stereocenters. The minimum Gasteiger partial charge on any atom is -0.293 e. The van der Waals surface area contributed by atoms with Crippen molar-refractivity contribution in [3.05, 3.63) is 23.4 Å². The molecular formula is C16H25NO. The summed E-state index contributed by atoms with van der Waals surface area (Å²) in [6, 6.07) is 0. The van der Waals surface area contributed by atoms with Gasteiger partial charge in [-0.1, -0.05) is 32.4 Å². The maximum atomic E-state index is 11.7. The second-order valence-electron chi connectivity index (χ2n) is 5.04. The van der Waals surface area contributed by atoms with Crippen LogP contribution in [0.4, 0.5) is 0 Å². The fraction of sp³-hybridized carbons (Fsp3) is 0.625. The summed E-state index contributed by atoms with van der Waals surface area (Å²) in [5, 5.41) is 0. The number of nitrogens with zero attached hydrogens (tertiary/aromatic N) is 1. The molecule has 0 spiro atoms. The van der Waals surface area contributed by atoms with E-state index in [-0.39, 0.29) is 5.78 Å².